The van der Waals surface area contributed by atoms with Gasteiger partial charge in [-0.05, 0) is 38.3 Å². The van der Waals surface area contributed by atoms with E-state index in [4.69, 9.17) is 9.47 Å². The summed E-state index contributed by atoms with van der Waals surface area (Å²) in [6.45, 7) is 4.08. The molecule has 1 fully saturated rings. The van der Waals surface area contributed by atoms with Crippen LogP contribution in [-0.4, -0.2) is 51.8 Å². The maximum absolute atomic E-state index is 12.7. The number of amides is 1. The van der Waals surface area contributed by atoms with E-state index in [0.29, 0.717) is 23.6 Å². The first-order chi connectivity index (χ1) is 10.8. The standard InChI is InChI=1S/C16H23NO5S/c1-5-17(12-6-7-12)16(18)10-23(19,20)15-9-14(22-4)13(21-3)8-11(15)2/h8-9,12H,5-7,10H2,1-4H3. The molecule has 1 aromatic rings. The molecule has 6 nitrogen and oxygen atoms in total. The third-order valence-electron chi connectivity index (χ3n) is 3.98. The van der Waals surface area contributed by atoms with Gasteiger partial charge in [0.05, 0.1) is 19.1 Å². The van der Waals surface area contributed by atoms with Crippen molar-refractivity contribution >= 4 is 15.7 Å². The van der Waals surface area contributed by atoms with Crippen LogP contribution in [0.25, 0.3) is 0 Å². The zero-order chi connectivity index (χ0) is 17.2. The fraction of sp³-hybridized carbons (Fsp3) is 0.562. The molecule has 23 heavy (non-hydrogen) atoms. The van der Waals surface area contributed by atoms with Gasteiger partial charge in [-0.2, -0.15) is 0 Å². The van der Waals surface area contributed by atoms with Crippen LogP contribution in [0.1, 0.15) is 25.3 Å². The molecular weight excluding hydrogens is 318 g/mol. The molecule has 0 aromatic heterocycles. The molecule has 7 heteroatoms. The monoisotopic (exact) mass is 341 g/mol. The van der Waals surface area contributed by atoms with Crippen LogP contribution in [0.15, 0.2) is 17.0 Å². The lowest BCUT2D eigenvalue weighted by atomic mass is 10.2. The molecule has 1 aliphatic rings. The summed E-state index contributed by atoms with van der Waals surface area (Å²) in [4.78, 5) is 14.1. The number of ether oxygens (including phenoxy) is 2. The van der Waals surface area contributed by atoms with Crippen molar-refractivity contribution in [2.24, 2.45) is 0 Å². The van der Waals surface area contributed by atoms with Crippen molar-refractivity contribution in [2.45, 2.75) is 37.6 Å². The molecule has 1 saturated carbocycles. The van der Waals surface area contributed by atoms with Crippen molar-refractivity contribution < 1.29 is 22.7 Å². The predicted molar refractivity (Wildman–Crippen MR) is 86.7 cm³/mol. The Bertz CT molecular complexity index is 695. The third-order valence-corrected chi connectivity index (χ3v) is 5.72. The first-order valence-electron chi connectivity index (χ1n) is 7.58. The minimum absolute atomic E-state index is 0.107. The van der Waals surface area contributed by atoms with E-state index in [1.807, 2.05) is 6.92 Å². The maximum Gasteiger partial charge on any atom is 0.238 e. The molecule has 2 rings (SSSR count). The number of sulfone groups is 1. The molecule has 0 heterocycles. The largest absolute Gasteiger partial charge is 0.493 e. The average molecular weight is 341 g/mol. The van der Waals surface area contributed by atoms with Gasteiger partial charge >= 0.3 is 0 Å². The van der Waals surface area contributed by atoms with Gasteiger partial charge < -0.3 is 14.4 Å². The van der Waals surface area contributed by atoms with Gasteiger partial charge in [0.15, 0.2) is 21.3 Å². The van der Waals surface area contributed by atoms with E-state index >= 15 is 0 Å². The molecule has 0 saturated heterocycles. The summed E-state index contributed by atoms with van der Waals surface area (Å²) in [5.74, 6) is -0.0699. The lowest BCUT2D eigenvalue weighted by Crippen LogP contribution is -2.37. The van der Waals surface area contributed by atoms with Gasteiger partial charge in [-0.15, -0.1) is 0 Å². The van der Waals surface area contributed by atoms with Gasteiger partial charge in [-0.1, -0.05) is 0 Å². The van der Waals surface area contributed by atoms with E-state index in [-0.39, 0.29) is 16.8 Å². The van der Waals surface area contributed by atoms with E-state index < -0.39 is 15.6 Å². The summed E-state index contributed by atoms with van der Waals surface area (Å²) in [6, 6.07) is 3.23. The minimum atomic E-state index is -3.74. The highest BCUT2D eigenvalue weighted by molar-refractivity contribution is 7.92. The van der Waals surface area contributed by atoms with Gasteiger partial charge in [-0.25, -0.2) is 8.42 Å². The molecule has 1 aliphatic carbocycles. The van der Waals surface area contributed by atoms with Gasteiger partial charge in [0.2, 0.25) is 5.91 Å². The first kappa shape index (κ1) is 17.6. The SMILES string of the molecule is CCN(C(=O)CS(=O)(=O)c1cc(OC)c(OC)cc1C)C1CC1. The summed E-state index contributed by atoms with van der Waals surface area (Å²) >= 11 is 0. The fourth-order valence-corrected chi connectivity index (χ4v) is 4.13. The van der Waals surface area contributed by atoms with Crippen molar-refractivity contribution in [3.05, 3.63) is 17.7 Å². The molecule has 0 atom stereocenters. The van der Waals surface area contributed by atoms with E-state index in [0.717, 1.165) is 12.8 Å². The van der Waals surface area contributed by atoms with Crippen LogP contribution in [0.4, 0.5) is 0 Å². The summed E-state index contributed by atoms with van der Waals surface area (Å²) in [5, 5.41) is 0. The highest BCUT2D eigenvalue weighted by atomic mass is 32.2. The normalized spacial score (nSPS) is 14.4. The van der Waals surface area contributed by atoms with E-state index in [1.54, 1.807) is 17.9 Å². The topological polar surface area (TPSA) is 72.9 Å². The fourth-order valence-electron chi connectivity index (χ4n) is 2.64. The molecule has 0 spiro atoms. The Morgan fingerprint density at radius 2 is 1.78 bits per heavy atom. The Hall–Kier alpha value is -1.76. The second-order valence-corrected chi connectivity index (χ2v) is 7.60. The molecule has 0 bridgehead atoms. The lowest BCUT2D eigenvalue weighted by molar-refractivity contribution is -0.128. The summed E-state index contributed by atoms with van der Waals surface area (Å²) in [6.07, 6.45) is 1.91. The number of rotatable bonds is 7. The minimum Gasteiger partial charge on any atom is -0.493 e. The number of nitrogens with zero attached hydrogens (tertiary/aromatic N) is 1. The van der Waals surface area contributed by atoms with Crippen molar-refractivity contribution in [3.8, 4) is 11.5 Å². The Morgan fingerprint density at radius 3 is 2.26 bits per heavy atom. The maximum atomic E-state index is 12.7. The molecule has 1 amide bonds. The van der Waals surface area contributed by atoms with Crippen molar-refractivity contribution in [3.63, 3.8) is 0 Å². The predicted octanol–water partition coefficient (Wildman–Crippen LogP) is 1.80. The molecule has 0 aliphatic heterocycles. The molecule has 128 valence electrons. The number of carbonyl (C=O) groups excluding carboxylic acids is 1. The highest BCUT2D eigenvalue weighted by Crippen LogP contribution is 2.33. The van der Waals surface area contributed by atoms with Gasteiger partial charge in [0.25, 0.3) is 0 Å². The summed E-state index contributed by atoms with van der Waals surface area (Å²) in [5.41, 5.74) is 0.532. The van der Waals surface area contributed by atoms with E-state index in [9.17, 15) is 13.2 Å². The second kappa shape index (κ2) is 6.78. The van der Waals surface area contributed by atoms with Crippen LogP contribution in [0.5, 0.6) is 11.5 Å². The first-order valence-corrected chi connectivity index (χ1v) is 9.24. The zero-order valence-electron chi connectivity index (χ0n) is 14.0. The second-order valence-electron chi connectivity index (χ2n) is 5.64. The van der Waals surface area contributed by atoms with Gasteiger partial charge in [-0.3, -0.25) is 4.79 Å². The quantitative estimate of drug-likeness (QED) is 0.756. The molecule has 0 N–H and O–H groups in total. The van der Waals surface area contributed by atoms with Crippen LogP contribution in [-0.2, 0) is 14.6 Å². The number of aryl methyl sites for hydroxylation is 1. The van der Waals surface area contributed by atoms with Crippen molar-refractivity contribution in [1.82, 2.24) is 4.90 Å². The summed E-state index contributed by atoms with van der Waals surface area (Å²) in [7, 11) is -0.800. The van der Waals surface area contributed by atoms with Gasteiger partial charge in [0.1, 0.15) is 5.75 Å². The smallest absolute Gasteiger partial charge is 0.238 e. The molecule has 0 radical (unpaired) electrons. The lowest BCUT2D eigenvalue weighted by Gasteiger charge is -2.20. The Balaban J connectivity index is 2.30. The molecule has 1 aromatic carbocycles. The average Bonchev–Trinajstić information content (AvgIpc) is 3.31. The van der Waals surface area contributed by atoms with Crippen molar-refractivity contribution in [1.29, 1.82) is 0 Å². The third kappa shape index (κ3) is 3.77. The number of carbonyl (C=O) groups is 1. The number of benzene rings is 1. The van der Waals surface area contributed by atoms with Crippen LogP contribution < -0.4 is 9.47 Å². The number of hydrogen-bond acceptors (Lipinski definition) is 5. The van der Waals surface area contributed by atoms with Crippen LogP contribution in [0.2, 0.25) is 0 Å². The van der Waals surface area contributed by atoms with Gasteiger partial charge in [0, 0.05) is 18.7 Å². The van der Waals surface area contributed by atoms with Crippen LogP contribution >= 0.6 is 0 Å². The van der Waals surface area contributed by atoms with E-state index in [2.05, 4.69) is 0 Å². The Morgan fingerprint density at radius 1 is 1.22 bits per heavy atom. The Labute approximate surface area is 137 Å². The van der Waals surface area contributed by atoms with Crippen molar-refractivity contribution in [2.75, 3.05) is 26.5 Å². The van der Waals surface area contributed by atoms with Crippen LogP contribution in [0.3, 0.4) is 0 Å². The molecule has 0 unspecified atom stereocenters. The highest BCUT2D eigenvalue weighted by Gasteiger charge is 2.34. The summed E-state index contributed by atoms with van der Waals surface area (Å²) < 4.78 is 35.6. The number of methoxy groups -OCH3 is 2. The number of hydrogen-bond donors (Lipinski definition) is 0. The zero-order valence-corrected chi connectivity index (χ0v) is 14.8. The van der Waals surface area contributed by atoms with Crippen LogP contribution in [0, 0.1) is 6.92 Å². The molecular formula is C16H23NO5S. The Kier molecular flexibility index (Phi) is 5.19. The van der Waals surface area contributed by atoms with E-state index in [1.165, 1.54) is 20.3 Å².